The normalized spacial score (nSPS) is 40.0. The van der Waals surface area contributed by atoms with Crippen LogP contribution < -0.4 is 0 Å². The molecule has 6 unspecified atom stereocenters. The molecule has 48 heavy (non-hydrogen) atoms. The van der Waals surface area contributed by atoms with Crippen molar-refractivity contribution in [1.29, 1.82) is 0 Å². The van der Waals surface area contributed by atoms with Gasteiger partial charge >= 0.3 is 23.9 Å². The van der Waals surface area contributed by atoms with Crippen molar-refractivity contribution in [2.24, 2.45) is 41.4 Å². The largest absolute Gasteiger partial charge is 0.463 e. The highest BCUT2D eigenvalue weighted by Gasteiger charge is 2.51. The van der Waals surface area contributed by atoms with E-state index in [-0.39, 0.29) is 85.4 Å². The van der Waals surface area contributed by atoms with Crippen LogP contribution >= 0.6 is 11.8 Å². The standard InChI is InChI=1S/C35H58O12S/c1-12-48-35-33(43-26(11)39)22(7)27(30(46-35)15-41-24(9)37)13-28-19(4)20(5)32(31(44-28)16-42-25(10)38)47-34-21(6)17(2)18(3)29(45-34)14-40-23(8)36/h17-22,27-35H,12-16H2,1-11H3/t17-,18+,19?,20+,21?,22-,27+,28-,29?,30?,31?,32+,33?,34-,35-/m0/s1. The number of carbonyl (C=O) groups excluding carboxylic acids is 4. The van der Waals surface area contributed by atoms with Crippen LogP contribution in [0.4, 0.5) is 0 Å². The van der Waals surface area contributed by atoms with Crippen LogP contribution in [-0.2, 0) is 57.1 Å². The Hall–Kier alpha value is -1.93. The summed E-state index contributed by atoms with van der Waals surface area (Å²) in [4.78, 5) is 47.5. The van der Waals surface area contributed by atoms with E-state index in [2.05, 4.69) is 34.6 Å². The van der Waals surface area contributed by atoms with Gasteiger partial charge in [0, 0.05) is 39.5 Å². The third-order valence-corrected chi connectivity index (χ3v) is 11.7. The van der Waals surface area contributed by atoms with Crippen molar-refractivity contribution in [1.82, 2.24) is 0 Å². The lowest BCUT2D eigenvalue weighted by atomic mass is 9.73. The Bertz CT molecular complexity index is 1090. The molecule has 12 nitrogen and oxygen atoms in total. The van der Waals surface area contributed by atoms with Crippen molar-refractivity contribution in [3.8, 4) is 0 Å². The maximum atomic E-state index is 12.1. The van der Waals surface area contributed by atoms with Gasteiger partial charge in [0.2, 0.25) is 0 Å². The zero-order chi connectivity index (χ0) is 35.9. The SMILES string of the molecule is CCS[C@@H]1OC(COC(C)=O)[C@H](C[C@@H]2OC(COC(C)=O)[C@H](O[C@@H]3OC(COC(C)=O)[C@H](C)[C@H](C)C3C)[C@H](C)C2C)[C@H](C)C1OC(C)=O. The summed E-state index contributed by atoms with van der Waals surface area (Å²) in [7, 11) is 0. The van der Waals surface area contributed by atoms with Crippen LogP contribution in [0.2, 0.25) is 0 Å². The maximum absolute atomic E-state index is 12.1. The van der Waals surface area contributed by atoms with Crippen LogP contribution in [0, 0.1) is 41.4 Å². The van der Waals surface area contributed by atoms with Gasteiger partial charge in [-0.2, -0.15) is 0 Å². The van der Waals surface area contributed by atoms with Gasteiger partial charge in [-0.25, -0.2) is 0 Å². The number of hydrogen-bond donors (Lipinski definition) is 0. The first kappa shape index (κ1) is 40.5. The summed E-state index contributed by atoms with van der Waals surface area (Å²) in [5, 5.41) is 0. The molecule has 3 aliphatic heterocycles. The highest BCUT2D eigenvalue weighted by atomic mass is 32.2. The van der Waals surface area contributed by atoms with Gasteiger partial charge in [0.05, 0.1) is 24.4 Å². The highest BCUT2D eigenvalue weighted by Crippen LogP contribution is 2.45. The molecule has 3 heterocycles. The molecule has 0 radical (unpaired) electrons. The molecule has 0 aromatic carbocycles. The minimum atomic E-state index is -0.595. The summed E-state index contributed by atoms with van der Waals surface area (Å²) in [5.41, 5.74) is -0.406. The fourth-order valence-corrected chi connectivity index (χ4v) is 8.28. The van der Waals surface area contributed by atoms with Gasteiger partial charge in [-0.3, -0.25) is 19.2 Å². The lowest BCUT2D eigenvalue weighted by Gasteiger charge is -2.51. The van der Waals surface area contributed by atoms with Gasteiger partial charge in [0.15, 0.2) is 6.29 Å². The molecule has 0 aromatic heterocycles. The predicted octanol–water partition coefficient (Wildman–Crippen LogP) is 4.79. The fourth-order valence-electron chi connectivity index (χ4n) is 7.24. The summed E-state index contributed by atoms with van der Waals surface area (Å²) in [6, 6.07) is 0. The Morgan fingerprint density at radius 2 is 1.10 bits per heavy atom. The molecular weight excluding hydrogens is 644 g/mol. The molecule has 0 N–H and O–H groups in total. The zero-order valence-electron chi connectivity index (χ0n) is 30.5. The minimum absolute atomic E-state index is 0.00359. The first-order valence-electron chi connectivity index (χ1n) is 17.4. The molecule has 0 amide bonds. The van der Waals surface area contributed by atoms with Crippen LogP contribution in [0.25, 0.3) is 0 Å². The minimum Gasteiger partial charge on any atom is -0.463 e. The Balaban J connectivity index is 1.87. The third-order valence-electron chi connectivity index (χ3n) is 10.7. The van der Waals surface area contributed by atoms with E-state index in [1.54, 1.807) is 11.8 Å². The molecule has 13 heteroatoms. The Labute approximate surface area is 290 Å². The molecule has 0 aromatic rings. The van der Waals surface area contributed by atoms with E-state index in [9.17, 15) is 19.2 Å². The molecular formula is C35H58O12S. The zero-order valence-corrected chi connectivity index (χ0v) is 31.3. The summed E-state index contributed by atoms with van der Waals surface area (Å²) in [5.74, 6) is -0.771. The van der Waals surface area contributed by atoms with Crippen LogP contribution in [0.15, 0.2) is 0 Å². The second-order valence-electron chi connectivity index (χ2n) is 13.9. The monoisotopic (exact) mass is 702 g/mol. The Kier molecular flexibility index (Phi) is 15.5. The number of hydrogen-bond acceptors (Lipinski definition) is 13. The molecule has 276 valence electrons. The maximum Gasteiger partial charge on any atom is 0.303 e. The highest BCUT2D eigenvalue weighted by molar-refractivity contribution is 7.99. The predicted molar refractivity (Wildman–Crippen MR) is 178 cm³/mol. The van der Waals surface area contributed by atoms with Gasteiger partial charge in [-0.05, 0) is 41.8 Å². The first-order valence-corrected chi connectivity index (χ1v) is 18.4. The molecule has 3 saturated heterocycles. The average Bonchev–Trinajstić information content (AvgIpc) is 3.01. The van der Waals surface area contributed by atoms with Crippen molar-refractivity contribution in [3.05, 3.63) is 0 Å². The number of esters is 4. The quantitative estimate of drug-likeness (QED) is 0.192. The van der Waals surface area contributed by atoms with Crippen molar-refractivity contribution >= 4 is 35.6 Å². The van der Waals surface area contributed by atoms with E-state index in [0.717, 1.165) is 5.75 Å². The van der Waals surface area contributed by atoms with Gasteiger partial charge < -0.3 is 37.9 Å². The lowest BCUT2D eigenvalue weighted by Crippen LogP contribution is -2.58. The molecule has 0 saturated carbocycles. The number of thioether (sulfide) groups is 1. The summed E-state index contributed by atoms with van der Waals surface area (Å²) in [6.45, 7) is 20.3. The second-order valence-corrected chi connectivity index (χ2v) is 15.3. The smallest absolute Gasteiger partial charge is 0.303 e. The first-order chi connectivity index (χ1) is 22.5. The molecule has 15 atom stereocenters. The molecule has 0 bridgehead atoms. The van der Waals surface area contributed by atoms with E-state index >= 15 is 0 Å². The van der Waals surface area contributed by atoms with E-state index in [0.29, 0.717) is 6.42 Å². The molecule has 3 aliphatic rings. The third kappa shape index (κ3) is 10.5. The molecule has 0 spiro atoms. The Morgan fingerprint density at radius 3 is 1.65 bits per heavy atom. The second kappa shape index (κ2) is 18.3. The van der Waals surface area contributed by atoms with Gasteiger partial charge in [0.25, 0.3) is 0 Å². The molecule has 0 aliphatic carbocycles. The Morgan fingerprint density at radius 1 is 0.562 bits per heavy atom. The van der Waals surface area contributed by atoms with Crippen molar-refractivity contribution in [2.75, 3.05) is 25.6 Å². The van der Waals surface area contributed by atoms with E-state index in [4.69, 9.17) is 37.9 Å². The van der Waals surface area contributed by atoms with Crippen molar-refractivity contribution < 1.29 is 57.1 Å². The van der Waals surface area contributed by atoms with Crippen LogP contribution in [0.3, 0.4) is 0 Å². The van der Waals surface area contributed by atoms with Crippen LogP contribution in [0.1, 0.15) is 82.6 Å². The van der Waals surface area contributed by atoms with Gasteiger partial charge in [-0.1, -0.05) is 48.5 Å². The fraction of sp³-hybridized carbons (Fsp3) is 0.886. The average molecular weight is 703 g/mol. The number of ether oxygens (including phenoxy) is 8. The van der Waals surface area contributed by atoms with E-state index in [1.807, 2.05) is 13.8 Å². The molecule has 3 rings (SSSR count). The molecule has 3 fully saturated rings. The van der Waals surface area contributed by atoms with E-state index in [1.165, 1.54) is 27.7 Å². The summed E-state index contributed by atoms with van der Waals surface area (Å²) < 4.78 is 48.5. The van der Waals surface area contributed by atoms with Crippen molar-refractivity contribution in [3.63, 3.8) is 0 Å². The van der Waals surface area contributed by atoms with E-state index < -0.39 is 48.1 Å². The van der Waals surface area contributed by atoms with Gasteiger partial charge in [0.1, 0.15) is 37.5 Å². The lowest BCUT2D eigenvalue weighted by molar-refractivity contribution is -0.307. The van der Waals surface area contributed by atoms with Gasteiger partial charge in [-0.15, -0.1) is 11.8 Å². The number of rotatable bonds is 13. The summed E-state index contributed by atoms with van der Waals surface area (Å²) >= 11 is 1.55. The topological polar surface area (TPSA) is 142 Å². The van der Waals surface area contributed by atoms with Crippen molar-refractivity contribution in [2.45, 2.75) is 131 Å². The van der Waals surface area contributed by atoms with Crippen LogP contribution in [-0.4, -0.2) is 97.8 Å². The summed E-state index contributed by atoms with van der Waals surface area (Å²) in [6.07, 6.45) is -2.69. The number of carbonyl (C=O) groups is 4. The van der Waals surface area contributed by atoms with Crippen LogP contribution in [0.5, 0.6) is 0 Å².